The second-order valence-electron chi connectivity index (χ2n) is 4.55. The minimum atomic E-state index is -1.19. The Morgan fingerprint density at radius 2 is 2.05 bits per heavy atom. The minimum absolute atomic E-state index is 0.0280. The molecule has 1 rings (SSSR count). The zero-order valence-corrected chi connectivity index (χ0v) is 11.4. The lowest BCUT2D eigenvalue weighted by molar-refractivity contribution is -0.142. The van der Waals surface area contributed by atoms with Crippen LogP contribution in [-0.4, -0.2) is 39.1 Å². The molecule has 0 saturated carbocycles. The Labute approximate surface area is 115 Å². The summed E-state index contributed by atoms with van der Waals surface area (Å²) in [5.74, 6) is -2.23. The summed E-state index contributed by atoms with van der Waals surface area (Å²) in [6.07, 6.45) is -0.0880. The van der Waals surface area contributed by atoms with Gasteiger partial charge in [0.2, 0.25) is 11.8 Å². The van der Waals surface area contributed by atoms with Crippen molar-refractivity contribution in [2.45, 2.75) is 39.2 Å². The van der Waals surface area contributed by atoms with Crippen molar-refractivity contribution in [3.63, 3.8) is 0 Å². The van der Waals surface area contributed by atoms with Crippen LogP contribution in [0.25, 0.3) is 0 Å². The Hall–Kier alpha value is -2.38. The van der Waals surface area contributed by atoms with E-state index in [-0.39, 0.29) is 19.3 Å². The Morgan fingerprint density at radius 1 is 1.40 bits per heavy atom. The van der Waals surface area contributed by atoms with Crippen molar-refractivity contribution in [3.05, 3.63) is 17.0 Å². The molecular formula is C12H18N4O4. The molecule has 8 nitrogen and oxygen atoms in total. The molecule has 8 heteroatoms. The van der Waals surface area contributed by atoms with Gasteiger partial charge in [0.1, 0.15) is 6.04 Å². The smallest absolute Gasteiger partial charge is 0.326 e. The average molecular weight is 282 g/mol. The summed E-state index contributed by atoms with van der Waals surface area (Å²) in [5.41, 5.74) is 7.16. The van der Waals surface area contributed by atoms with Crippen LogP contribution in [0.1, 0.15) is 29.8 Å². The van der Waals surface area contributed by atoms with E-state index in [9.17, 15) is 14.4 Å². The van der Waals surface area contributed by atoms with Gasteiger partial charge in [0, 0.05) is 17.7 Å². The summed E-state index contributed by atoms with van der Waals surface area (Å²) < 4.78 is 0. The number of nitrogens with two attached hydrogens (primary N) is 1. The normalized spacial score (nSPS) is 11.9. The molecule has 1 heterocycles. The number of carbonyl (C=O) groups excluding carboxylic acids is 2. The van der Waals surface area contributed by atoms with Gasteiger partial charge in [-0.2, -0.15) is 5.10 Å². The number of primary amides is 1. The maximum atomic E-state index is 11.8. The number of amides is 2. The predicted octanol–water partition coefficient (Wildman–Crippen LogP) is -0.596. The summed E-state index contributed by atoms with van der Waals surface area (Å²) in [7, 11) is 0. The quantitative estimate of drug-likeness (QED) is 0.529. The number of aliphatic carboxylic acids is 1. The Morgan fingerprint density at radius 3 is 2.50 bits per heavy atom. The molecule has 5 N–H and O–H groups in total. The minimum Gasteiger partial charge on any atom is -0.480 e. The summed E-state index contributed by atoms with van der Waals surface area (Å²) >= 11 is 0. The Balaban J connectivity index is 2.62. The number of H-pyrrole nitrogens is 1. The van der Waals surface area contributed by atoms with E-state index in [4.69, 9.17) is 10.8 Å². The zero-order chi connectivity index (χ0) is 15.3. The number of carboxylic acids is 1. The number of aromatic amines is 1. The second kappa shape index (κ2) is 6.69. The molecule has 0 spiro atoms. The molecule has 2 amide bonds. The molecule has 0 aliphatic carbocycles. The fourth-order valence-electron chi connectivity index (χ4n) is 1.78. The molecule has 110 valence electrons. The van der Waals surface area contributed by atoms with Crippen LogP contribution >= 0.6 is 0 Å². The highest BCUT2D eigenvalue weighted by molar-refractivity contribution is 5.85. The van der Waals surface area contributed by atoms with Crippen molar-refractivity contribution in [2.75, 3.05) is 0 Å². The fourth-order valence-corrected chi connectivity index (χ4v) is 1.78. The molecule has 0 aliphatic heterocycles. The maximum Gasteiger partial charge on any atom is 0.326 e. The van der Waals surface area contributed by atoms with Crippen LogP contribution in [-0.2, 0) is 20.8 Å². The number of hydrogen-bond donors (Lipinski definition) is 4. The molecule has 0 saturated heterocycles. The number of rotatable bonds is 7. The number of aryl methyl sites for hydroxylation is 2. The van der Waals surface area contributed by atoms with E-state index in [2.05, 4.69) is 15.5 Å². The highest BCUT2D eigenvalue weighted by Gasteiger charge is 2.21. The molecule has 0 unspecified atom stereocenters. The molecule has 1 aromatic heterocycles. The summed E-state index contributed by atoms with van der Waals surface area (Å²) in [5, 5.41) is 18.1. The summed E-state index contributed by atoms with van der Waals surface area (Å²) in [6, 6.07) is -1.12. The van der Waals surface area contributed by atoms with Gasteiger partial charge in [-0.1, -0.05) is 0 Å². The van der Waals surface area contributed by atoms with Crippen molar-refractivity contribution in [3.8, 4) is 0 Å². The summed E-state index contributed by atoms with van der Waals surface area (Å²) in [4.78, 5) is 33.5. The van der Waals surface area contributed by atoms with E-state index in [1.54, 1.807) is 13.8 Å². The Kier molecular flexibility index (Phi) is 5.24. The second-order valence-corrected chi connectivity index (χ2v) is 4.55. The first-order valence-corrected chi connectivity index (χ1v) is 6.12. The third-order valence-corrected chi connectivity index (χ3v) is 2.93. The topological polar surface area (TPSA) is 138 Å². The number of hydrogen-bond acceptors (Lipinski definition) is 4. The zero-order valence-electron chi connectivity index (χ0n) is 11.4. The largest absolute Gasteiger partial charge is 0.480 e. The SMILES string of the molecule is Cc1n[nH]c(C)c1CC(=O)N[C@H](CCC(N)=O)C(=O)O. The standard InChI is InChI=1S/C12H18N4O4/c1-6-8(7(2)16-15-6)5-11(18)14-9(12(19)20)3-4-10(13)17/h9H,3-5H2,1-2H3,(H2,13,17)(H,14,18)(H,15,16)(H,19,20)/t9-/m1/s1. The molecular weight excluding hydrogens is 264 g/mol. The third kappa shape index (κ3) is 4.38. The lowest BCUT2D eigenvalue weighted by Crippen LogP contribution is -2.42. The van der Waals surface area contributed by atoms with E-state index in [1.807, 2.05) is 0 Å². The fraction of sp³-hybridized carbons (Fsp3) is 0.500. The predicted molar refractivity (Wildman–Crippen MR) is 69.8 cm³/mol. The average Bonchev–Trinajstić information content (AvgIpc) is 2.65. The van der Waals surface area contributed by atoms with E-state index < -0.39 is 23.8 Å². The molecule has 0 aromatic carbocycles. The van der Waals surface area contributed by atoms with Gasteiger partial charge < -0.3 is 16.2 Å². The molecule has 1 aromatic rings. The van der Waals surface area contributed by atoms with E-state index in [0.717, 1.165) is 11.3 Å². The lowest BCUT2D eigenvalue weighted by atomic mass is 10.1. The number of nitrogens with zero attached hydrogens (tertiary/aromatic N) is 1. The monoisotopic (exact) mass is 282 g/mol. The first-order valence-electron chi connectivity index (χ1n) is 6.12. The van der Waals surface area contributed by atoms with Crippen LogP contribution in [0, 0.1) is 13.8 Å². The number of nitrogens with one attached hydrogen (secondary N) is 2. The van der Waals surface area contributed by atoms with Crippen molar-refractivity contribution in [2.24, 2.45) is 5.73 Å². The van der Waals surface area contributed by atoms with Crippen molar-refractivity contribution < 1.29 is 19.5 Å². The molecule has 1 atom stereocenters. The number of carboxylic acid groups (broad SMARTS) is 1. The van der Waals surface area contributed by atoms with Gasteiger partial charge in [0.25, 0.3) is 0 Å². The third-order valence-electron chi connectivity index (χ3n) is 2.93. The van der Waals surface area contributed by atoms with Gasteiger partial charge >= 0.3 is 5.97 Å². The van der Waals surface area contributed by atoms with Gasteiger partial charge in [-0.3, -0.25) is 14.7 Å². The van der Waals surface area contributed by atoms with Gasteiger partial charge in [0.05, 0.1) is 12.1 Å². The van der Waals surface area contributed by atoms with Gasteiger partial charge in [-0.05, 0) is 20.3 Å². The van der Waals surface area contributed by atoms with Crippen LogP contribution in [0.5, 0.6) is 0 Å². The molecule has 0 radical (unpaired) electrons. The van der Waals surface area contributed by atoms with Crippen LogP contribution < -0.4 is 11.1 Å². The van der Waals surface area contributed by atoms with Crippen LogP contribution in [0.3, 0.4) is 0 Å². The van der Waals surface area contributed by atoms with Crippen LogP contribution in [0.4, 0.5) is 0 Å². The lowest BCUT2D eigenvalue weighted by Gasteiger charge is -2.13. The molecule has 0 bridgehead atoms. The first kappa shape index (κ1) is 15.7. The highest BCUT2D eigenvalue weighted by atomic mass is 16.4. The van der Waals surface area contributed by atoms with Gasteiger partial charge in [-0.25, -0.2) is 4.79 Å². The Bertz CT molecular complexity index is 504. The number of carbonyl (C=O) groups is 3. The first-order chi connectivity index (χ1) is 9.31. The van der Waals surface area contributed by atoms with Crippen molar-refractivity contribution in [1.82, 2.24) is 15.5 Å². The van der Waals surface area contributed by atoms with E-state index in [1.165, 1.54) is 0 Å². The molecule has 0 aliphatic rings. The van der Waals surface area contributed by atoms with Crippen molar-refractivity contribution >= 4 is 17.8 Å². The van der Waals surface area contributed by atoms with E-state index in [0.29, 0.717) is 5.69 Å². The van der Waals surface area contributed by atoms with Crippen molar-refractivity contribution in [1.29, 1.82) is 0 Å². The summed E-state index contributed by atoms with van der Waals surface area (Å²) in [6.45, 7) is 3.54. The number of aromatic nitrogens is 2. The van der Waals surface area contributed by atoms with E-state index >= 15 is 0 Å². The van der Waals surface area contributed by atoms with Gasteiger partial charge in [-0.15, -0.1) is 0 Å². The maximum absolute atomic E-state index is 11.8. The molecule has 0 fully saturated rings. The van der Waals surface area contributed by atoms with Gasteiger partial charge in [0.15, 0.2) is 0 Å². The van der Waals surface area contributed by atoms with Crippen LogP contribution in [0.15, 0.2) is 0 Å². The highest BCUT2D eigenvalue weighted by Crippen LogP contribution is 2.10. The molecule has 20 heavy (non-hydrogen) atoms. The van der Waals surface area contributed by atoms with Crippen LogP contribution in [0.2, 0.25) is 0 Å².